The van der Waals surface area contributed by atoms with Crippen LogP contribution in [-0.4, -0.2) is 37.0 Å². The number of nitrogens with one attached hydrogen (secondary N) is 1. The molecule has 18 heavy (non-hydrogen) atoms. The first kappa shape index (κ1) is 15.5. The van der Waals surface area contributed by atoms with Crippen LogP contribution in [0.4, 0.5) is 0 Å². The molecular weight excluding hydrogens is 316 g/mol. The highest BCUT2D eigenvalue weighted by Gasteiger charge is 2.23. The number of nitrogens with zero attached hydrogens (tertiary/aromatic N) is 1. The molecule has 0 aliphatic carbocycles. The van der Waals surface area contributed by atoms with Crippen molar-refractivity contribution in [1.29, 1.82) is 0 Å². The Bertz CT molecular complexity index is 408. The van der Waals surface area contributed by atoms with Crippen molar-refractivity contribution in [3.63, 3.8) is 0 Å². The minimum Gasteiger partial charge on any atom is -0.339 e. The van der Waals surface area contributed by atoms with E-state index in [1.165, 1.54) is 0 Å². The Morgan fingerprint density at radius 1 is 1.33 bits per heavy atom. The summed E-state index contributed by atoms with van der Waals surface area (Å²) in [5.41, 5.74) is 0.744. The van der Waals surface area contributed by atoms with Crippen molar-refractivity contribution in [2.45, 2.75) is 18.9 Å². The molecule has 0 bridgehead atoms. The van der Waals surface area contributed by atoms with Crippen LogP contribution < -0.4 is 5.32 Å². The molecule has 2 rings (SSSR count). The Hall–Kier alpha value is -0.580. The van der Waals surface area contributed by atoms with E-state index in [1.54, 1.807) is 0 Å². The summed E-state index contributed by atoms with van der Waals surface area (Å²) in [5.74, 6) is 0.101. The first-order chi connectivity index (χ1) is 8.20. The van der Waals surface area contributed by atoms with Crippen molar-refractivity contribution in [3.05, 3.63) is 34.3 Å². The molecule has 1 amide bonds. The number of amides is 1. The molecule has 0 spiro atoms. The van der Waals surface area contributed by atoms with Gasteiger partial charge in [0, 0.05) is 17.6 Å². The minimum absolute atomic E-state index is 0. The van der Waals surface area contributed by atoms with E-state index in [-0.39, 0.29) is 18.3 Å². The lowest BCUT2D eigenvalue weighted by Gasteiger charge is -2.31. The number of carbonyl (C=O) groups excluding carboxylic acids is 1. The first-order valence-corrected chi connectivity index (χ1v) is 6.72. The van der Waals surface area contributed by atoms with Crippen LogP contribution in [0.5, 0.6) is 0 Å². The molecule has 1 aromatic rings. The van der Waals surface area contributed by atoms with Gasteiger partial charge in [-0.25, -0.2) is 0 Å². The standard InChI is InChI=1S/C13H17BrN2O.ClH/c1-16(10-6-8-15-9-7-10)13(17)11-4-2-3-5-12(11)14;/h2-5,10,15H,6-9H2,1H3;1H. The fourth-order valence-corrected chi connectivity index (χ4v) is 2.64. The monoisotopic (exact) mass is 332 g/mol. The summed E-state index contributed by atoms with van der Waals surface area (Å²) in [5, 5.41) is 3.31. The van der Waals surface area contributed by atoms with Gasteiger partial charge in [-0.3, -0.25) is 4.79 Å². The SMILES string of the molecule is CN(C(=O)c1ccccc1Br)C1CCNCC1.Cl. The zero-order valence-corrected chi connectivity index (χ0v) is 12.8. The van der Waals surface area contributed by atoms with Gasteiger partial charge in [0.2, 0.25) is 0 Å². The van der Waals surface area contributed by atoms with Crippen LogP contribution in [0, 0.1) is 0 Å². The van der Waals surface area contributed by atoms with Gasteiger partial charge in [0.15, 0.2) is 0 Å². The molecule has 100 valence electrons. The van der Waals surface area contributed by atoms with E-state index in [2.05, 4.69) is 21.2 Å². The molecule has 1 aliphatic rings. The largest absolute Gasteiger partial charge is 0.339 e. The van der Waals surface area contributed by atoms with Gasteiger partial charge in [0.05, 0.1) is 5.56 Å². The smallest absolute Gasteiger partial charge is 0.254 e. The third-order valence-electron chi connectivity index (χ3n) is 3.28. The van der Waals surface area contributed by atoms with Crippen LogP contribution in [0.25, 0.3) is 0 Å². The maximum Gasteiger partial charge on any atom is 0.254 e. The summed E-state index contributed by atoms with van der Waals surface area (Å²) in [7, 11) is 1.90. The van der Waals surface area contributed by atoms with Gasteiger partial charge in [-0.1, -0.05) is 12.1 Å². The van der Waals surface area contributed by atoms with E-state index in [0.29, 0.717) is 6.04 Å². The Morgan fingerprint density at radius 3 is 2.56 bits per heavy atom. The van der Waals surface area contributed by atoms with Crippen LogP contribution in [0.1, 0.15) is 23.2 Å². The summed E-state index contributed by atoms with van der Waals surface area (Å²) in [4.78, 5) is 14.2. The molecule has 0 saturated carbocycles. The van der Waals surface area contributed by atoms with Gasteiger partial charge >= 0.3 is 0 Å². The van der Waals surface area contributed by atoms with Gasteiger partial charge in [-0.15, -0.1) is 12.4 Å². The van der Waals surface area contributed by atoms with Gasteiger partial charge < -0.3 is 10.2 Å². The number of halogens is 2. The average molecular weight is 334 g/mol. The fourth-order valence-electron chi connectivity index (χ4n) is 2.18. The highest BCUT2D eigenvalue weighted by Crippen LogP contribution is 2.20. The first-order valence-electron chi connectivity index (χ1n) is 5.92. The molecular formula is C13H18BrClN2O. The van der Waals surface area contributed by atoms with Gasteiger partial charge in [0.25, 0.3) is 5.91 Å². The lowest BCUT2D eigenvalue weighted by Crippen LogP contribution is -2.44. The van der Waals surface area contributed by atoms with Gasteiger partial charge in [-0.2, -0.15) is 0 Å². The average Bonchev–Trinajstić information content (AvgIpc) is 2.39. The Kier molecular flexibility index (Phi) is 6.12. The molecule has 1 aromatic carbocycles. The lowest BCUT2D eigenvalue weighted by atomic mass is 10.0. The Labute approximate surface area is 122 Å². The topological polar surface area (TPSA) is 32.3 Å². The van der Waals surface area contributed by atoms with E-state index in [4.69, 9.17) is 0 Å². The lowest BCUT2D eigenvalue weighted by molar-refractivity contribution is 0.0702. The van der Waals surface area contributed by atoms with E-state index < -0.39 is 0 Å². The molecule has 5 heteroatoms. The van der Waals surface area contributed by atoms with E-state index in [9.17, 15) is 4.79 Å². The maximum atomic E-state index is 12.3. The molecule has 1 N–H and O–H groups in total. The predicted molar refractivity (Wildman–Crippen MR) is 79.4 cm³/mol. The van der Waals surface area contributed by atoms with Crippen LogP contribution in [0.3, 0.4) is 0 Å². The normalized spacial score (nSPS) is 15.9. The fraction of sp³-hybridized carbons (Fsp3) is 0.462. The molecule has 0 radical (unpaired) electrons. The Balaban J connectivity index is 0.00000162. The van der Waals surface area contributed by atoms with E-state index in [0.717, 1.165) is 36.0 Å². The number of hydrogen-bond donors (Lipinski definition) is 1. The van der Waals surface area contributed by atoms with Crippen molar-refractivity contribution in [2.75, 3.05) is 20.1 Å². The summed E-state index contributed by atoms with van der Waals surface area (Å²) in [6.07, 6.45) is 2.07. The second-order valence-electron chi connectivity index (χ2n) is 4.38. The number of carbonyl (C=O) groups is 1. The summed E-state index contributed by atoms with van der Waals surface area (Å²) in [6.45, 7) is 2.00. The zero-order valence-electron chi connectivity index (χ0n) is 10.4. The molecule has 0 unspecified atom stereocenters. The second-order valence-corrected chi connectivity index (χ2v) is 5.23. The number of benzene rings is 1. The second kappa shape index (κ2) is 7.12. The summed E-state index contributed by atoms with van der Waals surface area (Å²) >= 11 is 3.43. The maximum absolute atomic E-state index is 12.3. The quantitative estimate of drug-likeness (QED) is 0.902. The van der Waals surface area contributed by atoms with Crippen LogP contribution in [0.15, 0.2) is 28.7 Å². The van der Waals surface area contributed by atoms with E-state index >= 15 is 0 Å². The Morgan fingerprint density at radius 2 is 1.94 bits per heavy atom. The van der Waals surface area contributed by atoms with E-state index in [1.807, 2.05) is 36.2 Å². The van der Waals surface area contributed by atoms with Crippen molar-refractivity contribution in [3.8, 4) is 0 Å². The zero-order chi connectivity index (χ0) is 12.3. The van der Waals surface area contributed by atoms with Crippen molar-refractivity contribution in [2.24, 2.45) is 0 Å². The highest BCUT2D eigenvalue weighted by molar-refractivity contribution is 9.10. The van der Waals surface area contributed by atoms with Crippen molar-refractivity contribution >= 4 is 34.2 Å². The van der Waals surface area contributed by atoms with Gasteiger partial charge in [0.1, 0.15) is 0 Å². The molecule has 0 atom stereocenters. The molecule has 1 saturated heterocycles. The van der Waals surface area contributed by atoms with Crippen LogP contribution in [-0.2, 0) is 0 Å². The predicted octanol–water partition coefficient (Wildman–Crippen LogP) is 2.69. The summed E-state index contributed by atoms with van der Waals surface area (Å²) in [6, 6.07) is 7.95. The highest BCUT2D eigenvalue weighted by atomic mass is 79.9. The minimum atomic E-state index is 0. The number of rotatable bonds is 2. The van der Waals surface area contributed by atoms with Gasteiger partial charge in [-0.05, 0) is 54.0 Å². The summed E-state index contributed by atoms with van der Waals surface area (Å²) < 4.78 is 0.866. The number of hydrogen-bond acceptors (Lipinski definition) is 2. The van der Waals surface area contributed by atoms with Crippen molar-refractivity contribution in [1.82, 2.24) is 10.2 Å². The number of piperidine rings is 1. The van der Waals surface area contributed by atoms with Crippen LogP contribution >= 0.6 is 28.3 Å². The van der Waals surface area contributed by atoms with Crippen molar-refractivity contribution < 1.29 is 4.79 Å². The molecule has 3 nitrogen and oxygen atoms in total. The third-order valence-corrected chi connectivity index (χ3v) is 3.97. The molecule has 0 aromatic heterocycles. The third kappa shape index (κ3) is 3.46. The van der Waals surface area contributed by atoms with Crippen LogP contribution in [0.2, 0.25) is 0 Å². The molecule has 1 aliphatic heterocycles. The molecule has 1 fully saturated rings. The molecule has 1 heterocycles.